The zero-order valence-electron chi connectivity index (χ0n) is 14.1. The van der Waals surface area contributed by atoms with Crippen LogP contribution in [0, 0.1) is 12.3 Å². The van der Waals surface area contributed by atoms with Crippen molar-refractivity contribution in [2.24, 2.45) is 5.41 Å². The molecule has 2 aromatic heterocycles. The second kappa shape index (κ2) is 7.46. The first-order chi connectivity index (χ1) is 11.6. The maximum atomic E-state index is 12.4. The topological polar surface area (TPSA) is 76.4 Å². The highest BCUT2D eigenvalue weighted by Gasteiger charge is 2.32. The monoisotopic (exact) mass is 349 g/mol. The van der Waals surface area contributed by atoms with Gasteiger partial charge in [0.2, 0.25) is 0 Å². The molecule has 0 saturated carbocycles. The van der Waals surface area contributed by atoms with E-state index in [0.29, 0.717) is 24.6 Å². The second-order valence-corrected chi connectivity index (χ2v) is 7.17. The molecule has 24 heavy (non-hydrogen) atoms. The molecule has 2 N–H and O–H groups in total. The van der Waals surface area contributed by atoms with Crippen LogP contribution in [0.1, 0.15) is 29.1 Å². The zero-order chi connectivity index (χ0) is 17.0. The van der Waals surface area contributed by atoms with Gasteiger partial charge in [-0.2, -0.15) is 0 Å². The van der Waals surface area contributed by atoms with Crippen LogP contribution in [0.3, 0.4) is 0 Å². The number of methoxy groups -OCH3 is 1. The molecule has 130 valence electrons. The number of furan rings is 1. The number of hydrogen-bond acceptors (Lipinski definition) is 6. The van der Waals surface area contributed by atoms with E-state index in [-0.39, 0.29) is 11.3 Å². The summed E-state index contributed by atoms with van der Waals surface area (Å²) in [5.41, 5.74) is 0.442. The number of piperidine rings is 1. The molecule has 3 heterocycles. The quantitative estimate of drug-likeness (QED) is 0.838. The van der Waals surface area contributed by atoms with Gasteiger partial charge < -0.3 is 19.8 Å². The number of aromatic nitrogens is 1. The van der Waals surface area contributed by atoms with Crippen molar-refractivity contribution >= 4 is 17.2 Å². The number of aryl methyl sites for hydroxylation is 1. The normalized spacial score (nSPS) is 16.9. The molecule has 0 aromatic carbocycles. The van der Waals surface area contributed by atoms with Crippen LogP contribution >= 0.6 is 11.3 Å². The lowest BCUT2D eigenvalue weighted by Crippen LogP contribution is -2.47. The number of thiazole rings is 1. The molecule has 0 aliphatic carbocycles. The van der Waals surface area contributed by atoms with Crippen molar-refractivity contribution in [2.45, 2.75) is 19.8 Å². The van der Waals surface area contributed by atoms with Gasteiger partial charge >= 0.3 is 0 Å². The Kier molecular flexibility index (Phi) is 5.33. The summed E-state index contributed by atoms with van der Waals surface area (Å²) in [5, 5.41) is 8.88. The number of rotatable bonds is 6. The summed E-state index contributed by atoms with van der Waals surface area (Å²) < 4.78 is 10.9. The predicted molar refractivity (Wildman–Crippen MR) is 93.3 cm³/mol. The highest BCUT2D eigenvalue weighted by Crippen LogP contribution is 2.29. The van der Waals surface area contributed by atoms with Crippen LogP contribution in [-0.4, -0.2) is 44.2 Å². The Balaban J connectivity index is 1.63. The Morgan fingerprint density at radius 1 is 1.46 bits per heavy atom. The molecule has 1 aliphatic rings. The summed E-state index contributed by atoms with van der Waals surface area (Å²) in [4.78, 5) is 16.8. The highest BCUT2D eigenvalue weighted by atomic mass is 32.1. The largest absolute Gasteiger partial charge is 0.459 e. The van der Waals surface area contributed by atoms with Crippen LogP contribution in [0.15, 0.2) is 21.9 Å². The number of carbonyl (C=O) groups is 1. The van der Waals surface area contributed by atoms with Crippen molar-refractivity contribution in [3.8, 4) is 10.8 Å². The number of nitrogens with one attached hydrogen (secondary N) is 2. The van der Waals surface area contributed by atoms with Crippen LogP contribution in [0.4, 0.5) is 0 Å². The third-order valence-electron chi connectivity index (χ3n) is 4.43. The molecule has 2 aromatic rings. The van der Waals surface area contributed by atoms with E-state index in [1.54, 1.807) is 12.5 Å². The van der Waals surface area contributed by atoms with Gasteiger partial charge in [0, 0.05) is 24.4 Å². The minimum Gasteiger partial charge on any atom is -0.459 e. The third kappa shape index (κ3) is 3.85. The smallest absolute Gasteiger partial charge is 0.270 e. The van der Waals surface area contributed by atoms with E-state index < -0.39 is 0 Å². The number of ether oxygens (including phenoxy) is 1. The maximum absolute atomic E-state index is 12.4. The first-order valence-corrected chi connectivity index (χ1v) is 9.00. The standard InChI is InChI=1S/C17H23N3O3S/c1-12-3-4-14(23-12)16-20-13(9-24-16)15(21)19-10-17(11-22-2)5-7-18-8-6-17/h3-4,9,18H,5-8,10-11H2,1-2H3,(H,19,21). The molecule has 0 spiro atoms. The van der Waals surface area contributed by atoms with Crippen molar-refractivity contribution in [1.29, 1.82) is 0 Å². The number of hydrogen-bond donors (Lipinski definition) is 2. The lowest BCUT2D eigenvalue weighted by molar-refractivity contribution is 0.0511. The van der Waals surface area contributed by atoms with E-state index in [1.807, 2.05) is 19.1 Å². The lowest BCUT2D eigenvalue weighted by Gasteiger charge is -2.37. The van der Waals surface area contributed by atoms with Gasteiger partial charge in [-0.05, 0) is 45.0 Å². The van der Waals surface area contributed by atoms with Crippen molar-refractivity contribution in [3.63, 3.8) is 0 Å². The molecule has 1 saturated heterocycles. The van der Waals surface area contributed by atoms with Gasteiger partial charge in [0.15, 0.2) is 10.8 Å². The Morgan fingerprint density at radius 3 is 2.92 bits per heavy atom. The fourth-order valence-electron chi connectivity index (χ4n) is 3.03. The Labute approximate surface area is 145 Å². The predicted octanol–water partition coefficient (Wildman–Crippen LogP) is 2.46. The van der Waals surface area contributed by atoms with Gasteiger partial charge in [-0.15, -0.1) is 11.3 Å². The SMILES string of the molecule is COCC1(CNC(=O)c2csc(-c3ccc(C)o3)n2)CCNCC1. The van der Waals surface area contributed by atoms with Crippen molar-refractivity contribution in [2.75, 3.05) is 33.4 Å². The average Bonchev–Trinajstić information content (AvgIpc) is 3.23. The fourth-order valence-corrected chi connectivity index (χ4v) is 3.79. The first kappa shape index (κ1) is 17.1. The second-order valence-electron chi connectivity index (χ2n) is 6.31. The molecule has 6 nitrogen and oxygen atoms in total. The molecule has 1 amide bonds. The van der Waals surface area contributed by atoms with Gasteiger partial charge in [0.05, 0.1) is 6.61 Å². The summed E-state index contributed by atoms with van der Waals surface area (Å²) in [5.74, 6) is 1.39. The molecular formula is C17H23N3O3S. The molecule has 0 bridgehead atoms. The minimum atomic E-state index is -0.144. The van der Waals surface area contributed by atoms with Gasteiger partial charge in [0.1, 0.15) is 11.5 Å². The van der Waals surface area contributed by atoms with Crippen LogP contribution in [0.5, 0.6) is 0 Å². The molecule has 1 fully saturated rings. The number of amides is 1. The molecular weight excluding hydrogens is 326 g/mol. The van der Waals surface area contributed by atoms with Crippen LogP contribution < -0.4 is 10.6 Å². The fraction of sp³-hybridized carbons (Fsp3) is 0.529. The van der Waals surface area contributed by atoms with Crippen molar-refractivity contribution < 1.29 is 13.9 Å². The summed E-state index contributed by atoms with van der Waals surface area (Å²) in [6.07, 6.45) is 1.99. The van der Waals surface area contributed by atoms with Gasteiger partial charge in [-0.25, -0.2) is 4.98 Å². The van der Waals surface area contributed by atoms with E-state index >= 15 is 0 Å². The molecule has 7 heteroatoms. The van der Waals surface area contributed by atoms with Crippen LogP contribution in [0.25, 0.3) is 10.8 Å². The number of carbonyl (C=O) groups excluding carboxylic acids is 1. The van der Waals surface area contributed by atoms with E-state index in [4.69, 9.17) is 9.15 Å². The summed E-state index contributed by atoms with van der Waals surface area (Å²) >= 11 is 1.41. The molecule has 3 rings (SSSR count). The van der Waals surface area contributed by atoms with Crippen molar-refractivity contribution in [3.05, 3.63) is 29.0 Å². The van der Waals surface area contributed by atoms with E-state index in [2.05, 4.69) is 15.6 Å². The zero-order valence-corrected chi connectivity index (χ0v) is 14.9. The minimum absolute atomic E-state index is 0.00658. The van der Waals surface area contributed by atoms with E-state index in [1.165, 1.54) is 11.3 Å². The maximum Gasteiger partial charge on any atom is 0.270 e. The molecule has 1 aliphatic heterocycles. The van der Waals surface area contributed by atoms with E-state index in [9.17, 15) is 4.79 Å². The molecule has 0 radical (unpaired) electrons. The van der Waals surface area contributed by atoms with Crippen LogP contribution in [-0.2, 0) is 4.74 Å². The first-order valence-electron chi connectivity index (χ1n) is 8.12. The van der Waals surface area contributed by atoms with Gasteiger partial charge in [-0.1, -0.05) is 0 Å². The van der Waals surface area contributed by atoms with Gasteiger partial charge in [0.25, 0.3) is 5.91 Å². The lowest BCUT2D eigenvalue weighted by atomic mass is 9.79. The molecule has 0 atom stereocenters. The number of nitrogens with zero attached hydrogens (tertiary/aromatic N) is 1. The summed E-state index contributed by atoms with van der Waals surface area (Å²) in [6.45, 7) is 5.06. The van der Waals surface area contributed by atoms with E-state index in [0.717, 1.165) is 36.7 Å². The molecule has 0 unspecified atom stereocenters. The van der Waals surface area contributed by atoms with Crippen molar-refractivity contribution in [1.82, 2.24) is 15.6 Å². The Bertz CT molecular complexity index is 683. The summed E-state index contributed by atoms with van der Waals surface area (Å²) in [6, 6.07) is 3.76. The average molecular weight is 349 g/mol. The highest BCUT2D eigenvalue weighted by molar-refractivity contribution is 7.13. The Morgan fingerprint density at radius 2 is 2.25 bits per heavy atom. The summed E-state index contributed by atoms with van der Waals surface area (Å²) in [7, 11) is 1.71. The van der Waals surface area contributed by atoms with Crippen LogP contribution in [0.2, 0.25) is 0 Å². The van der Waals surface area contributed by atoms with Gasteiger partial charge in [-0.3, -0.25) is 4.79 Å². The Hall–Kier alpha value is -1.70. The third-order valence-corrected chi connectivity index (χ3v) is 5.28.